The van der Waals surface area contributed by atoms with Gasteiger partial charge in [0.1, 0.15) is 0 Å². The fourth-order valence-corrected chi connectivity index (χ4v) is 2.53. The molecule has 1 saturated heterocycles. The highest BCUT2D eigenvalue weighted by molar-refractivity contribution is 5.91. The summed E-state index contributed by atoms with van der Waals surface area (Å²) in [5, 5.41) is 0. The van der Waals surface area contributed by atoms with E-state index in [0.717, 1.165) is 19.3 Å². The molecule has 0 radical (unpaired) electrons. The lowest BCUT2D eigenvalue weighted by atomic mass is 10.0. The Balaban J connectivity index is 1.92. The molecule has 0 aromatic rings. The lowest BCUT2D eigenvalue weighted by Crippen LogP contribution is -2.32. The Hall–Kier alpha value is -0.860. The van der Waals surface area contributed by atoms with Crippen molar-refractivity contribution in [2.75, 3.05) is 0 Å². The standard InChI is InChI=1S/C16H28O3/c1-2-3-4-5-6-7-8-9-10-11-15-14(17)12-13-16(18)19-15/h15H,2-13H2,1H3. The molecular weight excluding hydrogens is 240 g/mol. The molecule has 0 bridgehead atoms. The van der Waals surface area contributed by atoms with Gasteiger partial charge in [-0.3, -0.25) is 9.59 Å². The maximum atomic E-state index is 11.5. The number of carbonyl (C=O) groups excluding carboxylic acids is 2. The van der Waals surface area contributed by atoms with Crippen LogP contribution in [0.15, 0.2) is 0 Å². The lowest BCUT2D eigenvalue weighted by molar-refractivity contribution is -0.161. The van der Waals surface area contributed by atoms with Crippen LogP contribution in [-0.4, -0.2) is 17.9 Å². The molecule has 0 saturated carbocycles. The second-order valence-electron chi connectivity index (χ2n) is 5.56. The van der Waals surface area contributed by atoms with Crippen LogP contribution in [0.2, 0.25) is 0 Å². The van der Waals surface area contributed by atoms with E-state index >= 15 is 0 Å². The van der Waals surface area contributed by atoms with Crippen LogP contribution in [0.25, 0.3) is 0 Å². The average Bonchev–Trinajstić information content (AvgIpc) is 2.40. The molecule has 0 aliphatic carbocycles. The summed E-state index contributed by atoms with van der Waals surface area (Å²) >= 11 is 0. The van der Waals surface area contributed by atoms with Gasteiger partial charge in [0.05, 0.1) is 6.42 Å². The van der Waals surface area contributed by atoms with Gasteiger partial charge in [-0.1, -0.05) is 58.3 Å². The van der Waals surface area contributed by atoms with E-state index in [4.69, 9.17) is 4.74 Å². The summed E-state index contributed by atoms with van der Waals surface area (Å²) in [7, 11) is 0. The number of unbranched alkanes of at least 4 members (excludes halogenated alkanes) is 8. The second kappa shape index (κ2) is 9.99. The van der Waals surface area contributed by atoms with E-state index in [-0.39, 0.29) is 18.2 Å². The van der Waals surface area contributed by atoms with Gasteiger partial charge < -0.3 is 4.74 Å². The van der Waals surface area contributed by atoms with Gasteiger partial charge in [-0.05, 0) is 12.8 Å². The summed E-state index contributed by atoms with van der Waals surface area (Å²) in [5.41, 5.74) is 0. The molecule has 0 aromatic heterocycles. The number of rotatable bonds is 10. The van der Waals surface area contributed by atoms with Gasteiger partial charge in [0.15, 0.2) is 11.9 Å². The zero-order chi connectivity index (χ0) is 13.9. The van der Waals surface area contributed by atoms with Gasteiger partial charge in [-0.2, -0.15) is 0 Å². The van der Waals surface area contributed by atoms with Crippen LogP contribution in [-0.2, 0) is 14.3 Å². The Kier molecular flexibility index (Phi) is 8.52. The van der Waals surface area contributed by atoms with Crippen molar-refractivity contribution in [1.82, 2.24) is 0 Å². The van der Waals surface area contributed by atoms with Gasteiger partial charge in [0.2, 0.25) is 0 Å². The molecule has 19 heavy (non-hydrogen) atoms. The van der Waals surface area contributed by atoms with E-state index in [1.54, 1.807) is 0 Å². The van der Waals surface area contributed by atoms with Crippen molar-refractivity contribution in [2.45, 2.75) is 90.1 Å². The molecule has 3 heteroatoms. The van der Waals surface area contributed by atoms with Crippen molar-refractivity contribution in [3.05, 3.63) is 0 Å². The molecule has 0 aromatic carbocycles. The zero-order valence-electron chi connectivity index (χ0n) is 12.3. The number of Topliss-reactive ketones (excluding diaryl/α,β-unsaturated/α-hetero) is 1. The molecule has 1 rings (SSSR count). The SMILES string of the molecule is CCCCCCCCCCCC1OC(=O)CCC1=O. The van der Waals surface area contributed by atoms with Crippen molar-refractivity contribution < 1.29 is 14.3 Å². The highest BCUT2D eigenvalue weighted by atomic mass is 16.5. The van der Waals surface area contributed by atoms with Crippen molar-refractivity contribution in [2.24, 2.45) is 0 Å². The monoisotopic (exact) mass is 268 g/mol. The summed E-state index contributed by atoms with van der Waals surface area (Å²) in [6.07, 6.45) is 12.3. The van der Waals surface area contributed by atoms with Crippen molar-refractivity contribution >= 4 is 11.8 Å². The highest BCUT2D eigenvalue weighted by Crippen LogP contribution is 2.17. The van der Waals surface area contributed by atoms with Crippen LogP contribution < -0.4 is 0 Å². The van der Waals surface area contributed by atoms with E-state index in [1.165, 1.54) is 44.9 Å². The van der Waals surface area contributed by atoms with Crippen LogP contribution in [0.4, 0.5) is 0 Å². The number of hydrogen-bond acceptors (Lipinski definition) is 3. The Morgan fingerprint density at radius 3 is 2.11 bits per heavy atom. The Morgan fingerprint density at radius 2 is 1.47 bits per heavy atom. The van der Waals surface area contributed by atoms with Gasteiger partial charge in [-0.15, -0.1) is 0 Å². The Bertz CT molecular complexity index is 273. The molecule has 0 spiro atoms. The molecule has 1 atom stereocenters. The largest absolute Gasteiger partial charge is 0.454 e. The molecule has 0 amide bonds. The highest BCUT2D eigenvalue weighted by Gasteiger charge is 2.27. The van der Waals surface area contributed by atoms with Crippen molar-refractivity contribution in [3.8, 4) is 0 Å². The molecular formula is C16H28O3. The van der Waals surface area contributed by atoms with E-state index in [1.807, 2.05) is 0 Å². The summed E-state index contributed by atoms with van der Waals surface area (Å²) < 4.78 is 5.08. The van der Waals surface area contributed by atoms with E-state index in [0.29, 0.717) is 6.42 Å². The van der Waals surface area contributed by atoms with Crippen LogP contribution >= 0.6 is 0 Å². The predicted molar refractivity (Wildman–Crippen MR) is 76.0 cm³/mol. The zero-order valence-corrected chi connectivity index (χ0v) is 12.3. The summed E-state index contributed by atoms with van der Waals surface area (Å²) in [4.78, 5) is 22.6. The topological polar surface area (TPSA) is 43.4 Å². The maximum Gasteiger partial charge on any atom is 0.306 e. The third-order valence-corrected chi connectivity index (χ3v) is 3.78. The molecule has 0 N–H and O–H groups in total. The fraction of sp³-hybridized carbons (Fsp3) is 0.875. The van der Waals surface area contributed by atoms with Crippen LogP contribution in [0, 0.1) is 0 Å². The van der Waals surface area contributed by atoms with Gasteiger partial charge in [-0.25, -0.2) is 0 Å². The molecule has 1 aliphatic rings. The minimum absolute atomic E-state index is 0.110. The first-order chi connectivity index (χ1) is 9.24. The molecule has 110 valence electrons. The van der Waals surface area contributed by atoms with Crippen LogP contribution in [0.5, 0.6) is 0 Å². The van der Waals surface area contributed by atoms with E-state index in [9.17, 15) is 9.59 Å². The Morgan fingerprint density at radius 1 is 0.895 bits per heavy atom. The number of esters is 1. The predicted octanol–water partition coefficient (Wildman–Crippen LogP) is 4.18. The van der Waals surface area contributed by atoms with Gasteiger partial charge in [0.25, 0.3) is 0 Å². The number of cyclic esters (lactones) is 1. The van der Waals surface area contributed by atoms with Crippen molar-refractivity contribution in [3.63, 3.8) is 0 Å². The van der Waals surface area contributed by atoms with E-state index in [2.05, 4.69) is 6.92 Å². The van der Waals surface area contributed by atoms with Crippen molar-refractivity contribution in [1.29, 1.82) is 0 Å². The first-order valence-corrected chi connectivity index (χ1v) is 7.96. The first-order valence-electron chi connectivity index (χ1n) is 7.96. The van der Waals surface area contributed by atoms with Gasteiger partial charge >= 0.3 is 5.97 Å². The molecule has 1 unspecified atom stereocenters. The fourth-order valence-electron chi connectivity index (χ4n) is 2.53. The Labute approximate surface area is 117 Å². The summed E-state index contributed by atoms with van der Waals surface area (Å²) in [6.45, 7) is 2.24. The molecule has 3 nitrogen and oxygen atoms in total. The number of ketones is 1. The second-order valence-corrected chi connectivity index (χ2v) is 5.56. The quantitative estimate of drug-likeness (QED) is 0.441. The van der Waals surface area contributed by atoms with Crippen LogP contribution in [0.1, 0.15) is 84.0 Å². The first kappa shape index (κ1) is 16.2. The van der Waals surface area contributed by atoms with Gasteiger partial charge in [0, 0.05) is 6.42 Å². The molecule has 1 aliphatic heterocycles. The average molecular weight is 268 g/mol. The van der Waals surface area contributed by atoms with E-state index < -0.39 is 6.10 Å². The minimum Gasteiger partial charge on any atom is -0.454 e. The number of carbonyl (C=O) groups is 2. The number of hydrogen-bond donors (Lipinski definition) is 0. The molecule has 1 heterocycles. The maximum absolute atomic E-state index is 11.5. The normalized spacial score (nSPS) is 19.5. The minimum atomic E-state index is -0.439. The third-order valence-electron chi connectivity index (χ3n) is 3.78. The van der Waals surface area contributed by atoms with Crippen LogP contribution in [0.3, 0.4) is 0 Å². The smallest absolute Gasteiger partial charge is 0.306 e. The number of ether oxygens (including phenoxy) is 1. The molecule has 1 fully saturated rings. The lowest BCUT2D eigenvalue weighted by Gasteiger charge is -2.20. The summed E-state index contributed by atoms with van der Waals surface area (Å²) in [6, 6.07) is 0. The summed E-state index contributed by atoms with van der Waals surface area (Å²) in [5.74, 6) is -0.0975. The third kappa shape index (κ3) is 7.34.